The first-order valence-electron chi connectivity index (χ1n) is 11.9. The predicted octanol–water partition coefficient (Wildman–Crippen LogP) is 4.41. The van der Waals surface area contributed by atoms with Crippen molar-refractivity contribution in [2.45, 2.75) is 24.3 Å². The summed E-state index contributed by atoms with van der Waals surface area (Å²) in [6.07, 6.45) is 0. The fourth-order valence-corrected chi connectivity index (χ4v) is 7.24. The Hall–Kier alpha value is -3.68. The number of nitrogens with zero attached hydrogens (tertiary/aromatic N) is 2. The van der Waals surface area contributed by atoms with Gasteiger partial charge < -0.3 is 4.74 Å². The molecular formula is C28H19Cl2N3O4. The number of hydrogen-bond donors (Lipinski definition) is 1. The van der Waals surface area contributed by atoms with Crippen molar-refractivity contribution in [3.8, 4) is 0 Å². The molecule has 2 heterocycles. The lowest BCUT2D eigenvalue weighted by atomic mass is 9.43. The number of esters is 1. The first-order valence-corrected chi connectivity index (χ1v) is 12.7. The minimum atomic E-state index is -1.66. The Kier molecular flexibility index (Phi) is 4.52. The van der Waals surface area contributed by atoms with Gasteiger partial charge in [0.1, 0.15) is 5.41 Å². The molecule has 2 aliphatic heterocycles. The Labute approximate surface area is 222 Å². The van der Waals surface area contributed by atoms with Crippen molar-refractivity contribution in [3.63, 3.8) is 0 Å². The molecule has 1 fully saturated rings. The summed E-state index contributed by atoms with van der Waals surface area (Å²) < 4.78 is 5.39. The van der Waals surface area contributed by atoms with E-state index < -0.39 is 40.6 Å². The van der Waals surface area contributed by atoms with E-state index in [4.69, 9.17) is 27.9 Å². The number of carbonyl (C=O) groups is 3. The molecule has 3 aromatic carbocycles. The van der Waals surface area contributed by atoms with Gasteiger partial charge in [-0.15, -0.1) is 0 Å². The molecule has 0 spiro atoms. The molecule has 7 nitrogen and oxygen atoms in total. The molecule has 8 rings (SSSR count). The lowest BCUT2D eigenvalue weighted by Gasteiger charge is -2.55. The van der Waals surface area contributed by atoms with E-state index in [0.717, 1.165) is 27.2 Å². The molecule has 5 aliphatic rings. The molecule has 1 saturated heterocycles. The first-order chi connectivity index (χ1) is 17.9. The average Bonchev–Trinajstić information content (AvgIpc) is 3.37. The van der Waals surface area contributed by atoms with Gasteiger partial charge in [-0.1, -0.05) is 71.7 Å². The van der Waals surface area contributed by atoms with Gasteiger partial charge in [0.25, 0.3) is 11.8 Å². The van der Waals surface area contributed by atoms with Crippen LogP contribution in [0, 0.1) is 5.41 Å². The number of anilines is 1. The number of hydrazone groups is 1. The number of imide groups is 1. The van der Waals surface area contributed by atoms with Gasteiger partial charge in [0.15, 0.2) is 11.3 Å². The van der Waals surface area contributed by atoms with E-state index in [1.165, 1.54) is 6.07 Å². The number of rotatable bonds is 3. The minimum Gasteiger partial charge on any atom is -0.461 e. The van der Waals surface area contributed by atoms with Crippen LogP contribution >= 0.6 is 23.2 Å². The molecule has 2 atom stereocenters. The van der Waals surface area contributed by atoms with Gasteiger partial charge >= 0.3 is 5.97 Å². The monoisotopic (exact) mass is 531 g/mol. The topological polar surface area (TPSA) is 88.1 Å². The smallest absolute Gasteiger partial charge is 0.355 e. The van der Waals surface area contributed by atoms with E-state index >= 15 is 0 Å². The summed E-state index contributed by atoms with van der Waals surface area (Å²) in [6.45, 7) is 1.79. The van der Waals surface area contributed by atoms with Crippen LogP contribution in [-0.4, -0.2) is 35.6 Å². The first kappa shape index (κ1) is 22.5. The van der Waals surface area contributed by atoms with Crippen molar-refractivity contribution in [2.24, 2.45) is 10.5 Å². The van der Waals surface area contributed by atoms with Crippen LogP contribution in [0.15, 0.2) is 71.8 Å². The third-order valence-electron chi connectivity index (χ3n) is 8.15. The second kappa shape index (κ2) is 7.43. The summed E-state index contributed by atoms with van der Waals surface area (Å²) in [5.41, 5.74) is 3.64. The fourth-order valence-electron chi connectivity index (χ4n) is 6.95. The molecule has 0 radical (unpaired) electrons. The molecule has 2 amide bonds. The zero-order valence-electron chi connectivity index (χ0n) is 19.5. The Morgan fingerprint density at radius 3 is 2.08 bits per heavy atom. The molecule has 0 saturated carbocycles. The highest BCUT2D eigenvalue weighted by Gasteiger charge is 2.85. The molecule has 1 N–H and O–H groups in total. The number of ether oxygens (including phenoxy) is 1. The summed E-state index contributed by atoms with van der Waals surface area (Å²) >= 11 is 12.4. The summed E-state index contributed by atoms with van der Waals surface area (Å²) in [4.78, 5) is 43.9. The predicted molar refractivity (Wildman–Crippen MR) is 138 cm³/mol. The number of hydrogen-bond acceptors (Lipinski definition) is 6. The maximum Gasteiger partial charge on any atom is 0.355 e. The standard InChI is InChI=1S/C28H19Cl2N3O4/c1-2-37-24(34)23-27-21-15-7-3-5-9-17(15)22(18-10-6-4-8-16(18)21)28(27,32-31-23)26(36)33(25(27)35)14-11-12-19(29)20(30)13-14/h3-13,21-22,32H,2H2,1H3. The van der Waals surface area contributed by atoms with Crippen molar-refractivity contribution in [2.75, 3.05) is 11.5 Å². The number of benzene rings is 3. The minimum absolute atomic E-state index is 0.0886. The largest absolute Gasteiger partial charge is 0.461 e. The second-order valence-electron chi connectivity index (χ2n) is 9.58. The van der Waals surface area contributed by atoms with E-state index in [1.807, 2.05) is 48.5 Å². The van der Waals surface area contributed by atoms with E-state index in [2.05, 4.69) is 10.5 Å². The Balaban J connectivity index is 1.58. The highest BCUT2D eigenvalue weighted by Crippen LogP contribution is 2.71. The van der Waals surface area contributed by atoms with Crippen LogP contribution in [0.5, 0.6) is 0 Å². The normalized spacial score (nSPS) is 28.2. The zero-order valence-corrected chi connectivity index (χ0v) is 21.0. The third kappa shape index (κ3) is 2.40. The molecule has 37 heavy (non-hydrogen) atoms. The van der Waals surface area contributed by atoms with Crippen LogP contribution in [0.3, 0.4) is 0 Å². The van der Waals surface area contributed by atoms with E-state index in [9.17, 15) is 14.4 Å². The molecule has 3 aromatic rings. The SMILES string of the molecule is CCOC(=O)C1=NNC23C(=O)N(c4ccc(Cl)c(Cl)c4)C(=O)C12C1c2ccccc2C3c2ccccc21. The molecule has 184 valence electrons. The maximum atomic E-state index is 14.8. The Morgan fingerprint density at radius 2 is 1.51 bits per heavy atom. The summed E-state index contributed by atoms with van der Waals surface area (Å²) in [7, 11) is 0. The van der Waals surface area contributed by atoms with Gasteiger partial charge in [-0.25, -0.2) is 9.69 Å². The molecule has 3 aliphatic carbocycles. The summed E-state index contributed by atoms with van der Waals surface area (Å²) in [5, 5.41) is 4.91. The highest BCUT2D eigenvalue weighted by molar-refractivity contribution is 6.51. The fraction of sp³-hybridized carbons (Fsp3) is 0.214. The molecule has 9 heteroatoms. The van der Waals surface area contributed by atoms with E-state index in [1.54, 1.807) is 19.1 Å². The number of nitrogens with one attached hydrogen (secondary N) is 1. The van der Waals surface area contributed by atoms with Crippen molar-refractivity contribution < 1.29 is 19.1 Å². The van der Waals surface area contributed by atoms with Crippen LogP contribution in [0.4, 0.5) is 5.69 Å². The average molecular weight is 532 g/mol. The Bertz CT molecular complexity index is 1560. The zero-order chi connectivity index (χ0) is 25.7. The van der Waals surface area contributed by atoms with Gasteiger partial charge in [0.2, 0.25) is 0 Å². The highest BCUT2D eigenvalue weighted by atomic mass is 35.5. The lowest BCUT2D eigenvalue weighted by molar-refractivity contribution is -0.137. The number of halogens is 2. The molecule has 2 unspecified atom stereocenters. The molecular weight excluding hydrogens is 513 g/mol. The van der Waals surface area contributed by atoms with Crippen molar-refractivity contribution >= 4 is 52.4 Å². The van der Waals surface area contributed by atoms with Crippen LogP contribution in [0.1, 0.15) is 41.0 Å². The Morgan fingerprint density at radius 1 is 0.919 bits per heavy atom. The third-order valence-corrected chi connectivity index (χ3v) is 8.89. The van der Waals surface area contributed by atoms with E-state index in [-0.39, 0.29) is 23.0 Å². The maximum absolute atomic E-state index is 14.8. The van der Waals surface area contributed by atoms with Gasteiger partial charge in [-0.05, 0) is 47.4 Å². The van der Waals surface area contributed by atoms with Gasteiger partial charge in [-0.3, -0.25) is 15.0 Å². The van der Waals surface area contributed by atoms with Crippen LogP contribution in [0.2, 0.25) is 10.0 Å². The lowest BCUT2D eigenvalue weighted by Crippen LogP contribution is -2.69. The van der Waals surface area contributed by atoms with Crippen molar-refractivity contribution in [3.05, 3.63) is 99.0 Å². The summed E-state index contributed by atoms with van der Waals surface area (Å²) in [6, 6.07) is 20.1. The second-order valence-corrected chi connectivity index (χ2v) is 10.4. The number of amides is 2. The van der Waals surface area contributed by atoms with Gasteiger partial charge in [-0.2, -0.15) is 5.10 Å². The van der Waals surface area contributed by atoms with E-state index in [0.29, 0.717) is 5.02 Å². The van der Waals surface area contributed by atoms with Gasteiger partial charge in [0.05, 0.1) is 22.3 Å². The molecule has 0 aromatic heterocycles. The number of carbonyl (C=O) groups excluding carboxylic acids is 3. The molecule has 2 bridgehead atoms. The van der Waals surface area contributed by atoms with Crippen molar-refractivity contribution in [1.29, 1.82) is 0 Å². The van der Waals surface area contributed by atoms with Crippen LogP contribution in [0.25, 0.3) is 0 Å². The van der Waals surface area contributed by atoms with Crippen LogP contribution < -0.4 is 10.3 Å². The van der Waals surface area contributed by atoms with Crippen LogP contribution in [-0.2, 0) is 19.1 Å². The quantitative estimate of drug-likeness (QED) is 0.399. The summed E-state index contributed by atoms with van der Waals surface area (Å²) in [5.74, 6) is -3.00. The van der Waals surface area contributed by atoms with Gasteiger partial charge in [0, 0.05) is 11.8 Å². The van der Waals surface area contributed by atoms with Crippen molar-refractivity contribution in [1.82, 2.24) is 5.43 Å².